The number of nitrogens with one attached hydrogen (secondary N) is 2. The summed E-state index contributed by atoms with van der Waals surface area (Å²) >= 11 is 6.33. The maximum atomic E-state index is 12.4. The lowest BCUT2D eigenvalue weighted by Crippen LogP contribution is -2.30. The maximum Gasteiger partial charge on any atom is 0.319 e. The Morgan fingerprint density at radius 2 is 1.93 bits per heavy atom. The molecular weight excluding hydrogens is 378 g/mol. The minimum absolute atomic E-state index is 0.226. The molecule has 0 unspecified atom stereocenters. The molecule has 1 aliphatic rings. The number of rotatable bonds is 5. The summed E-state index contributed by atoms with van der Waals surface area (Å²) in [5.74, 6) is 1.02. The first-order valence-corrected chi connectivity index (χ1v) is 9.30. The van der Waals surface area contributed by atoms with Crippen LogP contribution in [0.4, 0.5) is 16.3 Å². The summed E-state index contributed by atoms with van der Waals surface area (Å²) in [6, 6.07) is 14.6. The molecule has 1 aromatic heterocycles. The van der Waals surface area contributed by atoms with E-state index in [1.807, 2.05) is 42.5 Å². The van der Waals surface area contributed by atoms with Crippen LogP contribution in [0.1, 0.15) is 12.8 Å². The molecule has 1 aliphatic carbocycles. The molecule has 7 nitrogen and oxygen atoms in total. The van der Waals surface area contributed by atoms with Crippen LogP contribution in [0.25, 0.3) is 16.9 Å². The van der Waals surface area contributed by atoms with Gasteiger partial charge in [0.15, 0.2) is 5.82 Å². The molecule has 0 radical (unpaired) electrons. The van der Waals surface area contributed by atoms with E-state index >= 15 is 0 Å². The predicted octanol–water partition coefficient (Wildman–Crippen LogP) is 4.07. The summed E-state index contributed by atoms with van der Waals surface area (Å²) in [4.78, 5) is 12.4. The number of nitrogens with zero attached hydrogens (tertiary/aromatic N) is 2. The first kappa shape index (κ1) is 18.2. The third-order valence-electron chi connectivity index (χ3n) is 4.52. The number of benzene rings is 2. The highest BCUT2D eigenvalue weighted by molar-refractivity contribution is 6.32. The molecule has 8 heteroatoms. The Morgan fingerprint density at radius 3 is 2.57 bits per heavy atom. The van der Waals surface area contributed by atoms with Crippen molar-refractivity contribution in [3.05, 3.63) is 53.6 Å². The summed E-state index contributed by atoms with van der Waals surface area (Å²) in [7, 11) is 1.61. The van der Waals surface area contributed by atoms with Crippen molar-refractivity contribution < 1.29 is 9.53 Å². The zero-order valence-corrected chi connectivity index (χ0v) is 16.0. The van der Waals surface area contributed by atoms with Gasteiger partial charge in [-0.05, 0) is 49.2 Å². The molecule has 2 amide bonds. The Morgan fingerprint density at radius 1 is 1.21 bits per heavy atom. The van der Waals surface area contributed by atoms with E-state index in [0.29, 0.717) is 27.9 Å². The summed E-state index contributed by atoms with van der Waals surface area (Å²) in [6.45, 7) is 0. The summed E-state index contributed by atoms with van der Waals surface area (Å²) < 4.78 is 6.75. The van der Waals surface area contributed by atoms with Crippen molar-refractivity contribution in [1.29, 1.82) is 0 Å². The molecule has 4 rings (SSSR count). The van der Waals surface area contributed by atoms with Crippen molar-refractivity contribution in [3.63, 3.8) is 0 Å². The Kier molecular flexibility index (Phi) is 4.83. The SMILES string of the molecule is COc1ccc(-c2nn(-c3ccccc3Cl)c(N)c2NC(=O)NC2CC2)cc1. The second-order valence-electron chi connectivity index (χ2n) is 6.57. The third kappa shape index (κ3) is 3.61. The minimum atomic E-state index is -0.303. The zero-order valence-electron chi connectivity index (χ0n) is 15.3. The fourth-order valence-electron chi connectivity index (χ4n) is 2.88. The molecule has 2 aromatic carbocycles. The van der Waals surface area contributed by atoms with Gasteiger partial charge in [-0.25, -0.2) is 9.48 Å². The van der Waals surface area contributed by atoms with Crippen molar-refractivity contribution in [1.82, 2.24) is 15.1 Å². The van der Waals surface area contributed by atoms with Gasteiger partial charge in [0.05, 0.1) is 17.8 Å². The van der Waals surface area contributed by atoms with Gasteiger partial charge in [0.1, 0.15) is 17.1 Å². The van der Waals surface area contributed by atoms with E-state index in [-0.39, 0.29) is 12.1 Å². The third-order valence-corrected chi connectivity index (χ3v) is 4.84. The van der Waals surface area contributed by atoms with Crippen molar-refractivity contribution in [2.24, 2.45) is 0 Å². The Labute approximate surface area is 167 Å². The van der Waals surface area contributed by atoms with Crippen LogP contribution < -0.4 is 21.1 Å². The van der Waals surface area contributed by atoms with Crippen LogP contribution >= 0.6 is 11.6 Å². The molecule has 4 N–H and O–H groups in total. The van der Waals surface area contributed by atoms with Gasteiger partial charge in [-0.1, -0.05) is 23.7 Å². The molecule has 1 saturated carbocycles. The molecule has 0 bridgehead atoms. The minimum Gasteiger partial charge on any atom is -0.497 e. The number of carbonyl (C=O) groups is 1. The number of para-hydroxylation sites is 1. The molecule has 1 fully saturated rings. The highest BCUT2D eigenvalue weighted by Crippen LogP contribution is 2.36. The van der Waals surface area contributed by atoms with Crippen LogP contribution in [-0.2, 0) is 0 Å². The molecule has 28 heavy (non-hydrogen) atoms. The van der Waals surface area contributed by atoms with Crippen LogP contribution in [0, 0.1) is 0 Å². The monoisotopic (exact) mass is 397 g/mol. The molecule has 0 saturated heterocycles. The van der Waals surface area contributed by atoms with E-state index in [1.165, 1.54) is 4.68 Å². The first-order valence-electron chi connectivity index (χ1n) is 8.92. The fraction of sp³-hybridized carbons (Fsp3) is 0.200. The number of hydrogen-bond donors (Lipinski definition) is 3. The summed E-state index contributed by atoms with van der Waals surface area (Å²) in [6.07, 6.45) is 1.99. The zero-order chi connectivity index (χ0) is 19.7. The maximum absolute atomic E-state index is 12.4. The van der Waals surface area contributed by atoms with Gasteiger partial charge < -0.3 is 21.1 Å². The van der Waals surface area contributed by atoms with E-state index < -0.39 is 0 Å². The quantitative estimate of drug-likeness (QED) is 0.605. The number of halogens is 1. The molecule has 0 atom stereocenters. The molecule has 1 heterocycles. The molecular formula is C20H20ClN5O2. The Balaban J connectivity index is 1.78. The van der Waals surface area contributed by atoms with Crippen molar-refractivity contribution >= 4 is 29.1 Å². The first-order chi connectivity index (χ1) is 13.6. The molecule has 3 aromatic rings. The number of amides is 2. The number of anilines is 2. The van der Waals surface area contributed by atoms with Crippen LogP contribution in [0.15, 0.2) is 48.5 Å². The number of urea groups is 1. The standard InChI is InChI=1S/C20H20ClN5O2/c1-28-14-10-6-12(7-11-14)17-18(24-20(27)23-13-8-9-13)19(22)26(25-17)16-5-3-2-4-15(16)21/h2-7,10-11,13H,8-9,22H2,1H3,(H2,23,24,27). The van der Waals surface area contributed by atoms with Gasteiger partial charge in [-0.2, -0.15) is 5.10 Å². The van der Waals surface area contributed by atoms with E-state index in [4.69, 9.17) is 22.1 Å². The highest BCUT2D eigenvalue weighted by atomic mass is 35.5. The number of nitrogens with two attached hydrogens (primary N) is 1. The largest absolute Gasteiger partial charge is 0.497 e. The van der Waals surface area contributed by atoms with Gasteiger partial charge in [0.2, 0.25) is 0 Å². The number of methoxy groups -OCH3 is 1. The van der Waals surface area contributed by atoms with Gasteiger partial charge >= 0.3 is 6.03 Å². The number of aromatic nitrogens is 2. The van der Waals surface area contributed by atoms with Gasteiger partial charge in [-0.15, -0.1) is 0 Å². The molecule has 0 spiro atoms. The summed E-state index contributed by atoms with van der Waals surface area (Å²) in [5.41, 5.74) is 8.77. The lowest BCUT2D eigenvalue weighted by molar-refractivity contribution is 0.251. The fourth-order valence-corrected chi connectivity index (χ4v) is 3.09. The van der Waals surface area contributed by atoms with Crippen LogP contribution in [0.5, 0.6) is 5.75 Å². The average Bonchev–Trinajstić information content (AvgIpc) is 3.46. The van der Waals surface area contributed by atoms with Gasteiger partial charge in [0, 0.05) is 11.6 Å². The van der Waals surface area contributed by atoms with E-state index in [2.05, 4.69) is 15.7 Å². The number of carbonyl (C=O) groups excluding carboxylic acids is 1. The number of hydrogen-bond acceptors (Lipinski definition) is 4. The smallest absolute Gasteiger partial charge is 0.319 e. The second-order valence-corrected chi connectivity index (χ2v) is 6.98. The average molecular weight is 398 g/mol. The highest BCUT2D eigenvalue weighted by Gasteiger charge is 2.26. The van der Waals surface area contributed by atoms with Crippen molar-refractivity contribution in [3.8, 4) is 22.7 Å². The molecule has 0 aliphatic heterocycles. The lowest BCUT2D eigenvalue weighted by atomic mass is 10.1. The van der Waals surface area contributed by atoms with Gasteiger partial charge in [-0.3, -0.25) is 0 Å². The van der Waals surface area contributed by atoms with E-state index in [0.717, 1.165) is 24.2 Å². The van der Waals surface area contributed by atoms with E-state index in [9.17, 15) is 4.79 Å². The van der Waals surface area contributed by atoms with Crippen molar-refractivity contribution in [2.45, 2.75) is 18.9 Å². The molecule has 144 valence electrons. The van der Waals surface area contributed by atoms with Gasteiger partial charge in [0.25, 0.3) is 0 Å². The Bertz CT molecular complexity index is 1010. The van der Waals surface area contributed by atoms with Crippen LogP contribution in [0.2, 0.25) is 5.02 Å². The topological polar surface area (TPSA) is 94.2 Å². The Hall–Kier alpha value is -3.19. The lowest BCUT2D eigenvalue weighted by Gasteiger charge is -2.09. The predicted molar refractivity (Wildman–Crippen MR) is 110 cm³/mol. The number of nitrogen functional groups attached to an aromatic ring is 1. The van der Waals surface area contributed by atoms with Crippen molar-refractivity contribution in [2.75, 3.05) is 18.2 Å². The normalized spacial score (nSPS) is 13.2. The van der Waals surface area contributed by atoms with Crippen LogP contribution in [-0.4, -0.2) is 29.0 Å². The summed E-state index contributed by atoms with van der Waals surface area (Å²) in [5, 5.41) is 10.9. The van der Waals surface area contributed by atoms with E-state index in [1.54, 1.807) is 13.2 Å². The van der Waals surface area contributed by atoms with Crippen LogP contribution in [0.3, 0.4) is 0 Å². The second kappa shape index (κ2) is 7.44. The number of ether oxygens (including phenoxy) is 1.